The van der Waals surface area contributed by atoms with Crippen LogP contribution in [-0.4, -0.2) is 56.9 Å². The Morgan fingerprint density at radius 3 is 1.45 bits per heavy atom. The Labute approximate surface area is 323 Å². The molecule has 0 heterocycles. The number of phenols is 1. The molecule has 5 rings (SSSR count). The van der Waals surface area contributed by atoms with E-state index in [0.717, 1.165) is 25.3 Å². The lowest BCUT2D eigenvalue weighted by Crippen LogP contribution is -3.61. The minimum Gasteiger partial charge on any atom is -1.00 e. The van der Waals surface area contributed by atoms with Crippen molar-refractivity contribution in [3.63, 3.8) is 0 Å². The topological polar surface area (TPSA) is 125 Å². The van der Waals surface area contributed by atoms with Crippen molar-refractivity contribution in [2.75, 3.05) is 28.4 Å². The first-order valence-corrected chi connectivity index (χ1v) is 17.0. The zero-order valence-electron chi connectivity index (χ0n) is 28.3. The smallest absolute Gasteiger partial charge is 0.360 e. The number of benzene rings is 5. The van der Waals surface area contributed by atoms with Crippen LogP contribution in [0.2, 0.25) is 0 Å². The lowest BCUT2D eigenvalue weighted by molar-refractivity contribution is -0.597. The Balaban J connectivity index is 0.000000404. The molecule has 0 aliphatic rings. The molecule has 5 aromatic carbocycles. The van der Waals surface area contributed by atoms with Crippen LogP contribution in [0, 0.1) is 18.8 Å². The zero-order valence-corrected chi connectivity index (χ0v) is 31.2. The van der Waals surface area contributed by atoms with E-state index in [4.69, 9.17) is 4.74 Å². The molecule has 0 saturated heterocycles. The van der Waals surface area contributed by atoms with E-state index in [2.05, 4.69) is 90.1 Å². The third-order valence-corrected chi connectivity index (χ3v) is 8.88. The van der Waals surface area contributed by atoms with Gasteiger partial charge in [0.05, 0.1) is 25.3 Å². The molecule has 53 heavy (non-hydrogen) atoms. The lowest BCUT2D eigenvalue weighted by atomic mass is 10.1. The first-order chi connectivity index (χ1) is 24.7. The van der Waals surface area contributed by atoms with Gasteiger partial charge in [0.2, 0.25) is 0 Å². The first-order valence-electron chi connectivity index (χ1n) is 14.9. The Hall–Kier alpha value is -5.54. The summed E-state index contributed by atoms with van der Waals surface area (Å²) >= 11 is 0.0287. The van der Waals surface area contributed by atoms with Gasteiger partial charge in [-0.1, -0.05) is 72.3 Å². The highest BCUT2D eigenvalue weighted by molar-refractivity contribution is 6.44. The maximum Gasteiger partial charge on any atom is 0.360 e. The number of halogens is 4. The largest absolute Gasteiger partial charge is 1.00 e. The summed E-state index contributed by atoms with van der Waals surface area (Å²) in [7, 11) is 4.91. The van der Waals surface area contributed by atoms with Crippen LogP contribution in [0.1, 0.15) is 18.6 Å². The quantitative estimate of drug-likeness (QED) is 0.0975. The number of rotatable bonds is 10. The fourth-order valence-corrected chi connectivity index (χ4v) is 6.22. The molecule has 14 heteroatoms. The summed E-state index contributed by atoms with van der Waals surface area (Å²) < 4.78 is 43.9. The number of ether oxygens (including phenoxy) is 3. The molecule has 5 aromatic rings. The summed E-state index contributed by atoms with van der Waals surface area (Å²) in [4.78, 5) is 32.2. The van der Waals surface area contributed by atoms with Crippen LogP contribution in [-0.2, 0) is 28.7 Å². The van der Waals surface area contributed by atoms with Gasteiger partial charge in [-0.15, -0.1) is 0 Å². The Morgan fingerprint density at radius 2 is 1.02 bits per heavy atom. The highest BCUT2D eigenvalue weighted by Gasteiger charge is 2.22. The summed E-state index contributed by atoms with van der Waals surface area (Å²) in [6.45, 7) is 0. The zero-order chi connectivity index (χ0) is 37.0. The Morgan fingerprint density at radius 1 is 0.604 bits per heavy atom. The second kappa shape index (κ2) is 24.6. The number of nitrogens with zero attached hydrogens (tertiary/aromatic N) is 2. The molecule has 0 radical (unpaired) electrons. The van der Waals surface area contributed by atoms with Crippen molar-refractivity contribution in [3.05, 3.63) is 157 Å². The van der Waals surface area contributed by atoms with Gasteiger partial charge in [-0.3, -0.25) is 0 Å². The highest BCUT2D eigenvalue weighted by atomic mass is 127. The summed E-state index contributed by atoms with van der Waals surface area (Å²) in [5, 5.41) is 16.5. The standard InChI is InChI=1S/C16H14FNO4.C12H10I.C10H10FNO4.CH4.ClH/c1-20-16(19)15(18-21-2)13-9-8-11(17)10-14(13)22-12-6-4-3-5-7-12;1-3-7-11(8-4-1)13-12-9-5-2-6-10-12;1-15-10(14)9(12-16-2)7-4-3-6(11)5-8(7)13;;/h3-10H,1-2H3;1-10H;3-5,13H,1-2H3;1H4;1H/q;+1;;;/p-1. The fourth-order valence-electron chi connectivity index (χ4n) is 3.95. The summed E-state index contributed by atoms with van der Waals surface area (Å²) in [6.07, 6.45) is 0. The van der Waals surface area contributed by atoms with E-state index in [9.17, 15) is 23.5 Å². The number of hydrogen-bond donors (Lipinski definition) is 1. The van der Waals surface area contributed by atoms with E-state index >= 15 is 0 Å². The van der Waals surface area contributed by atoms with Crippen molar-refractivity contribution in [2.45, 2.75) is 7.43 Å². The van der Waals surface area contributed by atoms with Crippen LogP contribution in [0.3, 0.4) is 0 Å². The number of oxime groups is 2. The normalized spacial score (nSPS) is 10.3. The Kier molecular flexibility index (Phi) is 21.1. The maximum absolute atomic E-state index is 13.5. The SMILES string of the molecule is C.CON=C(C(=O)OC)c1ccc(F)cc1O.CON=C(C(=O)OC)c1ccc(F)cc1Oc1ccccc1.[Cl-].c1ccc([I+]c2ccccc2)cc1. The van der Waals surface area contributed by atoms with Crippen molar-refractivity contribution < 1.29 is 81.0 Å². The number of carbonyl (C=O) groups is 2. The van der Waals surface area contributed by atoms with Gasteiger partial charge in [-0.25, -0.2) is 18.4 Å². The molecule has 0 atom stereocenters. The van der Waals surface area contributed by atoms with Crippen molar-refractivity contribution in [1.82, 2.24) is 0 Å². The molecular formula is C39H38ClF2IN2O8. The van der Waals surface area contributed by atoms with Crippen LogP contribution in [0.5, 0.6) is 17.2 Å². The van der Waals surface area contributed by atoms with E-state index in [1.807, 2.05) is 6.07 Å². The van der Waals surface area contributed by atoms with Crippen LogP contribution in [0.4, 0.5) is 8.78 Å². The predicted octanol–water partition coefficient (Wildman–Crippen LogP) is 1.65. The molecule has 0 saturated carbocycles. The van der Waals surface area contributed by atoms with Gasteiger partial charge in [0, 0.05) is 12.1 Å². The lowest BCUT2D eigenvalue weighted by Gasteiger charge is -2.11. The number of carbonyl (C=O) groups excluding carboxylic acids is 2. The van der Waals surface area contributed by atoms with Gasteiger partial charge in [0.1, 0.15) is 43.1 Å². The number of methoxy groups -OCH3 is 2. The van der Waals surface area contributed by atoms with Crippen molar-refractivity contribution >= 4 is 23.4 Å². The maximum atomic E-state index is 13.5. The minimum absolute atomic E-state index is 0. The molecule has 0 spiro atoms. The average molecular weight is 863 g/mol. The van der Waals surface area contributed by atoms with E-state index in [1.54, 1.807) is 24.3 Å². The molecule has 0 fully saturated rings. The summed E-state index contributed by atoms with van der Waals surface area (Å²) in [5.41, 5.74) is -0.0486. The third-order valence-electron chi connectivity index (χ3n) is 6.19. The predicted molar refractivity (Wildman–Crippen MR) is 189 cm³/mol. The minimum atomic E-state index is -0.788. The third kappa shape index (κ3) is 14.9. The van der Waals surface area contributed by atoms with Gasteiger partial charge >= 0.3 is 33.1 Å². The number of aromatic hydroxyl groups is 1. The molecule has 0 aliphatic carbocycles. The number of esters is 2. The monoisotopic (exact) mass is 862 g/mol. The number of phenolic OH excluding ortho intramolecular Hbond substituents is 1. The number of hydrogen-bond acceptors (Lipinski definition) is 10. The molecule has 0 bridgehead atoms. The van der Waals surface area contributed by atoms with Crippen LogP contribution >= 0.6 is 0 Å². The van der Waals surface area contributed by atoms with Gasteiger partial charge in [0.15, 0.2) is 18.6 Å². The molecule has 0 aliphatic heterocycles. The van der Waals surface area contributed by atoms with Gasteiger partial charge in [0.25, 0.3) is 0 Å². The van der Waals surface area contributed by atoms with Crippen molar-refractivity contribution in [2.24, 2.45) is 10.3 Å². The van der Waals surface area contributed by atoms with Crippen molar-refractivity contribution in [3.8, 4) is 17.2 Å². The second-order valence-electron chi connectivity index (χ2n) is 9.63. The molecule has 280 valence electrons. The molecule has 0 amide bonds. The molecule has 10 nitrogen and oxygen atoms in total. The van der Waals surface area contributed by atoms with E-state index < -0.39 is 29.3 Å². The summed E-state index contributed by atoms with van der Waals surface area (Å²) in [5.74, 6) is -2.42. The molecule has 1 N–H and O–H groups in total. The van der Waals surface area contributed by atoms with E-state index in [0.29, 0.717) is 5.75 Å². The van der Waals surface area contributed by atoms with Gasteiger partial charge in [-0.05, 0) is 60.7 Å². The van der Waals surface area contributed by atoms with Crippen LogP contribution < -0.4 is 38.3 Å². The average Bonchev–Trinajstić information content (AvgIpc) is 3.15. The van der Waals surface area contributed by atoms with Crippen LogP contribution in [0.15, 0.2) is 138 Å². The van der Waals surface area contributed by atoms with E-state index in [1.165, 1.54) is 46.7 Å². The van der Waals surface area contributed by atoms with E-state index in [-0.39, 0.29) is 69.3 Å². The molecule has 0 unspecified atom stereocenters. The molecule has 0 aromatic heterocycles. The second-order valence-corrected chi connectivity index (χ2v) is 12.7. The van der Waals surface area contributed by atoms with Gasteiger partial charge in [-0.2, -0.15) is 0 Å². The highest BCUT2D eigenvalue weighted by Crippen LogP contribution is 2.27. The first kappa shape index (κ1) is 45.5. The Bertz CT molecular complexity index is 1880. The van der Waals surface area contributed by atoms with Crippen LogP contribution in [0.25, 0.3) is 0 Å². The fraction of sp³-hybridized carbons (Fsp3) is 0.128. The van der Waals surface area contributed by atoms with Gasteiger partial charge < -0.3 is 41.4 Å². The molecular weight excluding hydrogens is 825 g/mol. The summed E-state index contributed by atoms with van der Waals surface area (Å²) in [6, 6.07) is 37.1. The van der Waals surface area contributed by atoms with Crippen molar-refractivity contribution in [1.29, 1.82) is 0 Å². The number of para-hydroxylation sites is 1.